The highest BCUT2D eigenvalue weighted by atomic mass is 32.3. The molecule has 0 amide bonds. The van der Waals surface area contributed by atoms with Crippen molar-refractivity contribution in [3.63, 3.8) is 0 Å². The van der Waals surface area contributed by atoms with Gasteiger partial charge < -0.3 is 15.2 Å². The maximum absolute atomic E-state index is 9.22. The summed E-state index contributed by atoms with van der Waals surface area (Å²) in [6.07, 6.45) is 1.14. The second-order valence-corrected chi connectivity index (χ2v) is 3.82. The van der Waals surface area contributed by atoms with E-state index in [4.69, 9.17) is 5.73 Å². The van der Waals surface area contributed by atoms with Crippen LogP contribution in [-0.4, -0.2) is 47.3 Å². The highest BCUT2D eigenvalue weighted by Crippen LogP contribution is 1.74. The van der Waals surface area contributed by atoms with Crippen LogP contribution < -0.4 is 10.6 Å². The van der Waals surface area contributed by atoms with E-state index < -0.39 is 10.4 Å². The van der Waals surface area contributed by atoms with Gasteiger partial charge in [0.1, 0.15) is 0 Å². The van der Waals surface area contributed by atoms with E-state index in [0.29, 0.717) is 0 Å². The summed E-state index contributed by atoms with van der Waals surface area (Å²) in [5.74, 6) is 0. The lowest BCUT2D eigenvalue weighted by molar-refractivity contribution is -0.858. The van der Waals surface area contributed by atoms with Gasteiger partial charge in [0.25, 0.3) is 0 Å². The zero-order valence-electron chi connectivity index (χ0n) is 8.24. The number of hydrogen-bond acceptors (Lipinski definition) is 5. The second-order valence-electron chi connectivity index (χ2n) is 2.67. The minimum atomic E-state index is -4.41. The first-order valence-corrected chi connectivity index (χ1v) is 5.17. The Labute approximate surface area is 79.6 Å². The Morgan fingerprint density at radius 3 is 1.92 bits per heavy atom. The molecule has 0 saturated carbocycles. The number of hydrogen-bond donors (Lipinski definition) is 2. The highest BCUT2D eigenvalue weighted by Gasteiger charge is 1.87. The van der Waals surface area contributed by atoms with Crippen molar-refractivity contribution < 1.29 is 22.1 Å². The van der Waals surface area contributed by atoms with Crippen molar-refractivity contribution in [2.24, 2.45) is 5.73 Å². The quantitative estimate of drug-likeness (QED) is 0.401. The molecule has 3 N–H and O–H groups in total. The molecule has 0 spiro atoms. The van der Waals surface area contributed by atoms with E-state index in [2.05, 4.69) is 18.3 Å². The Morgan fingerprint density at radius 2 is 1.85 bits per heavy atom. The predicted octanol–water partition coefficient (Wildman–Crippen LogP) is -2.43. The smallest absolute Gasteiger partial charge is 0.217 e. The summed E-state index contributed by atoms with van der Waals surface area (Å²) < 4.78 is 31.0. The van der Waals surface area contributed by atoms with Gasteiger partial charge in [-0.15, -0.1) is 0 Å². The molecule has 0 fully saturated rings. The molecule has 6 nitrogen and oxygen atoms in total. The lowest BCUT2D eigenvalue weighted by Crippen LogP contribution is -3.05. The van der Waals surface area contributed by atoms with E-state index in [0.717, 1.165) is 20.1 Å². The maximum Gasteiger partial charge on any atom is 0.217 e. The molecule has 0 aromatic heterocycles. The van der Waals surface area contributed by atoms with E-state index >= 15 is 0 Å². The van der Waals surface area contributed by atoms with Crippen LogP contribution in [0.15, 0.2) is 0 Å². The van der Waals surface area contributed by atoms with Crippen LogP contribution in [0, 0.1) is 0 Å². The van der Waals surface area contributed by atoms with Gasteiger partial charge in [-0.3, -0.25) is 4.18 Å². The monoisotopic (exact) mass is 214 g/mol. The Morgan fingerprint density at radius 1 is 1.46 bits per heavy atom. The molecule has 0 unspecified atom stereocenters. The molecule has 0 aliphatic rings. The number of nitrogens with two attached hydrogens (primary N) is 1. The molecule has 82 valence electrons. The molecule has 0 radical (unpaired) electrons. The SMILES string of the molecule is COS(=O)(=O)[O-].C[NH+](C)CCCN. The summed E-state index contributed by atoms with van der Waals surface area (Å²) in [6.45, 7) is 2.02. The number of nitrogens with one attached hydrogen (secondary N) is 1. The molecular weight excluding hydrogens is 196 g/mol. The fourth-order valence-corrected chi connectivity index (χ4v) is 0.456. The predicted molar refractivity (Wildman–Crippen MR) is 48.1 cm³/mol. The van der Waals surface area contributed by atoms with Gasteiger partial charge in [-0.05, 0) is 6.54 Å². The summed E-state index contributed by atoms with van der Waals surface area (Å²) in [4.78, 5) is 1.48. The van der Waals surface area contributed by atoms with Crippen LogP contribution in [-0.2, 0) is 14.6 Å². The van der Waals surface area contributed by atoms with Gasteiger partial charge in [-0.1, -0.05) is 0 Å². The third-order valence-electron chi connectivity index (χ3n) is 1.09. The zero-order valence-corrected chi connectivity index (χ0v) is 9.06. The Bertz CT molecular complexity index is 191. The van der Waals surface area contributed by atoms with Crippen molar-refractivity contribution in [1.82, 2.24) is 0 Å². The van der Waals surface area contributed by atoms with Gasteiger partial charge in [0.2, 0.25) is 10.4 Å². The first kappa shape index (κ1) is 15.3. The van der Waals surface area contributed by atoms with Gasteiger partial charge in [0.05, 0.1) is 27.7 Å². The van der Waals surface area contributed by atoms with Crippen molar-refractivity contribution in [1.29, 1.82) is 0 Å². The summed E-state index contributed by atoms with van der Waals surface area (Å²) in [5, 5.41) is 0. The van der Waals surface area contributed by atoms with Crippen LogP contribution in [0.5, 0.6) is 0 Å². The molecule has 0 aliphatic carbocycles. The molecule has 0 saturated heterocycles. The van der Waals surface area contributed by atoms with E-state index in [1.807, 2.05) is 0 Å². The standard InChI is InChI=1S/C5H14N2.CH4O4S/c1-7(2)5-3-4-6;1-5-6(2,3)4/h3-6H2,1-2H3;1H3,(H,2,3,4). The molecule has 0 heterocycles. The zero-order chi connectivity index (χ0) is 10.9. The molecule has 0 atom stereocenters. The molecule has 0 aromatic carbocycles. The van der Waals surface area contributed by atoms with Crippen LogP contribution in [0.2, 0.25) is 0 Å². The maximum atomic E-state index is 9.22. The van der Waals surface area contributed by atoms with Crippen molar-refractivity contribution in [3.8, 4) is 0 Å². The molecule has 0 rings (SSSR count). The molecule has 0 aliphatic heterocycles. The second kappa shape index (κ2) is 8.39. The normalized spacial score (nSPS) is 10.9. The van der Waals surface area contributed by atoms with Crippen LogP contribution in [0.4, 0.5) is 0 Å². The first-order chi connectivity index (χ1) is 5.83. The third kappa shape index (κ3) is 24.5. The van der Waals surface area contributed by atoms with Crippen LogP contribution in [0.25, 0.3) is 0 Å². The fraction of sp³-hybridized carbons (Fsp3) is 1.00. The minimum Gasteiger partial charge on any atom is -0.726 e. The van der Waals surface area contributed by atoms with Gasteiger partial charge in [-0.2, -0.15) is 0 Å². The van der Waals surface area contributed by atoms with Crippen molar-refractivity contribution >= 4 is 10.4 Å². The Balaban J connectivity index is 0. The van der Waals surface area contributed by atoms with Gasteiger partial charge >= 0.3 is 0 Å². The topological polar surface area (TPSA) is 96.9 Å². The van der Waals surface area contributed by atoms with Gasteiger partial charge in [-0.25, -0.2) is 8.42 Å². The van der Waals surface area contributed by atoms with Crippen molar-refractivity contribution in [2.45, 2.75) is 6.42 Å². The largest absolute Gasteiger partial charge is 0.726 e. The summed E-state index contributed by atoms with van der Waals surface area (Å²) >= 11 is 0. The lowest BCUT2D eigenvalue weighted by atomic mass is 10.4. The van der Waals surface area contributed by atoms with Crippen LogP contribution in [0.1, 0.15) is 6.42 Å². The highest BCUT2D eigenvalue weighted by molar-refractivity contribution is 7.80. The molecule has 13 heavy (non-hydrogen) atoms. The third-order valence-corrected chi connectivity index (χ3v) is 1.49. The molecular formula is C6H18N2O4S. The molecule has 0 aromatic rings. The average Bonchev–Trinajstić information content (AvgIpc) is 2.01. The molecule has 7 heteroatoms. The van der Waals surface area contributed by atoms with E-state index in [1.165, 1.54) is 11.4 Å². The summed E-state index contributed by atoms with van der Waals surface area (Å²) in [5.41, 5.74) is 5.26. The first-order valence-electron chi connectivity index (χ1n) is 3.84. The Hall–Kier alpha value is -0.210. The van der Waals surface area contributed by atoms with E-state index in [1.54, 1.807) is 0 Å². The fourth-order valence-electron chi connectivity index (χ4n) is 0.456. The van der Waals surface area contributed by atoms with Gasteiger partial charge in [0.15, 0.2) is 0 Å². The van der Waals surface area contributed by atoms with Gasteiger partial charge in [0, 0.05) is 6.42 Å². The molecule has 0 bridgehead atoms. The Kier molecular flexibility index (Phi) is 9.86. The lowest BCUT2D eigenvalue weighted by Gasteiger charge is -2.03. The van der Waals surface area contributed by atoms with Crippen LogP contribution in [0.3, 0.4) is 0 Å². The minimum absolute atomic E-state index is 0.808. The summed E-state index contributed by atoms with van der Waals surface area (Å²) in [6, 6.07) is 0. The van der Waals surface area contributed by atoms with E-state index in [-0.39, 0.29) is 0 Å². The summed E-state index contributed by atoms with van der Waals surface area (Å²) in [7, 11) is 0.665. The average molecular weight is 214 g/mol. The number of rotatable bonds is 4. The number of quaternary nitrogens is 1. The van der Waals surface area contributed by atoms with Crippen LogP contribution >= 0.6 is 0 Å². The van der Waals surface area contributed by atoms with Crippen molar-refractivity contribution in [3.05, 3.63) is 0 Å². The van der Waals surface area contributed by atoms with E-state index in [9.17, 15) is 13.0 Å². The van der Waals surface area contributed by atoms with Crippen molar-refractivity contribution in [2.75, 3.05) is 34.3 Å².